The van der Waals surface area contributed by atoms with Crippen LogP contribution in [0.4, 0.5) is 0 Å². The van der Waals surface area contributed by atoms with E-state index in [1.54, 1.807) is 14.0 Å². The summed E-state index contributed by atoms with van der Waals surface area (Å²) in [4.78, 5) is 11.2. The molecule has 0 heterocycles. The largest absolute Gasteiger partial charge is 0.396 e. The summed E-state index contributed by atoms with van der Waals surface area (Å²) in [7, 11) is 1.62. The Morgan fingerprint density at radius 1 is 1.47 bits per heavy atom. The fourth-order valence-corrected chi connectivity index (χ4v) is 2.00. The first-order chi connectivity index (χ1) is 7.17. The zero-order valence-corrected chi connectivity index (χ0v) is 9.53. The number of carbonyl (C=O) groups is 1. The molecule has 0 aliphatic heterocycles. The SMILES string of the molecule is CNC(=O)C(C)OC1CCC(CO)CC1. The van der Waals surface area contributed by atoms with Crippen molar-refractivity contribution in [2.24, 2.45) is 5.92 Å². The summed E-state index contributed by atoms with van der Waals surface area (Å²) in [5.41, 5.74) is 0. The van der Waals surface area contributed by atoms with Crippen LogP contribution in [0, 0.1) is 5.92 Å². The Bertz CT molecular complexity index is 200. The van der Waals surface area contributed by atoms with Crippen LogP contribution in [-0.2, 0) is 9.53 Å². The fourth-order valence-electron chi connectivity index (χ4n) is 2.00. The lowest BCUT2D eigenvalue weighted by Gasteiger charge is -2.29. The molecule has 1 rings (SSSR count). The van der Waals surface area contributed by atoms with Crippen molar-refractivity contribution in [1.29, 1.82) is 0 Å². The van der Waals surface area contributed by atoms with Crippen molar-refractivity contribution in [3.05, 3.63) is 0 Å². The van der Waals surface area contributed by atoms with Crippen molar-refractivity contribution in [2.45, 2.75) is 44.8 Å². The molecule has 0 aromatic rings. The van der Waals surface area contributed by atoms with Crippen LogP contribution in [0.25, 0.3) is 0 Å². The van der Waals surface area contributed by atoms with Gasteiger partial charge in [0.25, 0.3) is 0 Å². The van der Waals surface area contributed by atoms with Crippen molar-refractivity contribution in [3.63, 3.8) is 0 Å². The quantitative estimate of drug-likeness (QED) is 0.725. The van der Waals surface area contributed by atoms with Gasteiger partial charge in [-0.05, 0) is 38.5 Å². The van der Waals surface area contributed by atoms with E-state index in [1.807, 2.05) is 0 Å². The summed E-state index contributed by atoms with van der Waals surface area (Å²) < 4.78 is 5.64. The Kier molecular flexibility index (Phi) is 5.05. The highest BCUT2D eigenvalue weighted by Gasteiger charge is 2.24. The van der Waals surface area contributed by atoms with Crippen LogP contribution in [0.3, 0.4) is 0 Å². The van der Waals surface area contributed by atoms with Gasteiger partial charge in [0.05, 0.1) is 6.10 Å². The normalized spacial score (nSPS) is 28.5. The van der Waals surface area contributed by atoms with Gasteiger partial charge in [0, 0.05) is 13.7 Å². The van der Waals surface area contributed by atoms with Crippen LogP contribution in [0.1, 0.15) is 32.6 Å². The molecule has 1 atom stereocenters. The first kappa shape index (κ1) is 12.5. The van der Waals surface area contributed by atoms with Gasteiger partial charge in [0.2, 0.25) is 5.91 Å². The molecule has 15 heavy (non-hydrogen) atoms. The highest BCUT2D eigenvalue weighted by molar-refractivity contribution is 5.79. The number of hydrogen-bond donors (Lipinski definition) is 2. The van der Waals surface area contributed by atoms with Gasteiger partial charge in [-0.2, -0.15) is 0 Å². The monoisotopic (exact) mass is 215 g/mol. The van der Waals surface area contributed by atoms with E-state index in [4.69, 9.17) is 9.84 Å². The minimum atomic E-state index is -0.370. The van der Waals surface area contributed by atoms with Gasteiger partial charge in [0.15, 0.2) is 0 Å². The molecule has 0 aromatic carbocycles. The minimum Gasteiger partial charge on any atom is -0.396 e. The van der Waals surface area contributed by atoms with Gasteiger partial charge in [-0.3, -0.25) is 4.79 Å². The Morgan fingerprint density at radius 3 is 2.53 bits per heavy atom. The number of rotatable bonds is 4. The molecule has 1 aliphatic carbocycles. The van der Waals surface area contributed by atoms with E-state index in [-0.39, 0.29) is 24.7 Å². The predicted molar refractivity (Wildman–Crippen MR) is 57.4 cm³/mol. The molecule has 4 heteroatoms. The number of likely N-dealkylation sites (N-methyl/N-ethyl adjacent to an activating group) is 1. The van der Waals surface area contributed by atoms with Crippen LogP contribution < -0.4 is 5.32 Å². The first-order valence-electron chi connectivity index (χ1n) is 5.65. The third-order valence-electron chi connectivity index (χ3n) is 3.06. The van der Waals surface area contributed by atoms with Crippen LogP contribution in [-0.4, -0.2) is 36.9 Å². The van der Waals surface area contributed by atoms with Crippen LogP contribution in [0.15, 0.2) is 0 Å². The van der Waals surface area contributed by atoms with E-state index in [9.17, 15) is 4.79 Å². The third kappa shape index (κ3) is 3.80. The summed E-state index contributed by atoms with van der Waals surface area (Å²) in [6.45, 7) is 2.05. The molecule has 0 saturated heterocycles. The van der Waals surface area contributed by atoms with E-state index in [2.05, 4.69) is 5.32 Å². The van der Waals surface area contributed by atoms with Gasteiger partial charge in [-0.25, -0.2) is 0 Å². The molecule has 1 amide bonds. The first-order valence-corrected chi connectivity index (χ1v) is 5.65. The second kappa shape index (κ2) is 6.08. The molecular formula is C11H21NO3. The Labute approximate surface area is 91.0 Å². The van der Waals surface area contributed by atoms with Crippen molar-refractivity contribution >= 4 is 5.91 Å². The van der Waals surface area contributed by atoms with E-state index < -0.39 is 0 Å². The van der Waals surface area contributed by atoms with E-state index >= 15 is 0 Å². The zero-order chi connectivity index (χ0) is 11.3. The summed E-state index contributed by atoms with van der Waals surface area (Å²) in [5, 5.41) is 11.6. The van der Waals surface area contributed by atoms with Crippen LogP contribution in [0.5, 0.6) is 0 Å². The second-order valence-corrected chi connectivity index (χ2v) is 4.22. The average Bonchev–Trinajstić information content (AvgIpc) is 2.29. The third-order valence-corrected chi connectivity index (χ3v) is 3.06. The van der Waals surface area contributed by atoms with Gasteiger partial charge >= 0.3 is 0 Å². The molecule has 1 fully saturated rings. The second-order valence-electron chi connectivity index (χ2n) is 4.22. The smallest absolute Gasteiger partial charge is 0.248 e. The van der Waals surface area contributed by atoms with Crippen LogP contribution in [0.2, 0.25) is 0 Å². The van der Waals surface area contributed by atoms with Crippen molar-refractivity contribution in [3.8, 4) is 0 Å². The molecule has 0 radical (unpaired) electrons. The number of hydrogen-bond acceptors (Lipinski definition) is 3. The summed E-state index contributed by atoms with van der Waals surface area (Å²) in [5.74, 6) is 0.361. The molecule has 88 valence electrons. The van der Waals surface area contributed by atoms with Crippen molar-refractivity contribution in [1.82, 2.24) is 5.32 Å². The fraction of sp³-hybridized carbons (Fsp3) is 0.909. The lowest BCUT2D eigenvalue weighted by atomic mass is 9.88. The zero-order valence-electron chi connectivity index (χ0n) is 9.53. The lowest BCUT2D eigenvalue weighted by Crippen LogP contribution is -2.36. The molecule has 0 aromatic heterocycles. The number of ether oxygens (including phenoxy) is 1. The molecular weight excluding hydrogens is 194 g/mol. The summed E-state index contributed by atoms with van der Waals surface area (Å²) in [6, 6.07) is 0. The molecule has 1 unspecified atom stereocenters. The lowest BCUT2D eigenvalue weighted by molar-refractivity contribution is -0.136. The molecule has 1 aliphatic rings. The Hall–Kier alpha value is -0.610. The van der Waals surface area contributed by atoms with Gasteiger partial charge in [-0.15, -0.1) is 0 Å². The predicted octanol–water partition coefficient (Wildman–Crippen LogP) is 0.689. The summed E-state index contributed by atoms with van der Waals surface area (Å²) in [6.07, 6.45) is 3.72. The summed E-state index contributed by atoms with van der Waals surface area (Å²) >= 11 is 0. The Balaban J connectivity index is 2.26. The van der Waals surface area contributed by atoms with E-state index in [0.717, 1.165) is 25.7 Å². The van der Waals surface area contributed by atoms with Crippen molar-refractivity contribution < 1.29 is 14.6 Å². The van der Waals surface area contributed by atoms with E-state index in [1.165, 1.54) is 0 Å². The number of amides is 1. The molecule has 0 bridgehead atoms. The van der Waals surface area contributed by atoms with Crippen molar-refractivity contribution in [2.75, 3.05) is 13.7 Å². The standard InChI is InChI=1S/C11H21NO3/c1-8(11(14)12-2)15-10-5-3-9(7-13)4-6-10/h8-10,13H,3-7H2,1-2H3,(H,12,14). The Morgan fingerprint density at radius 2 is 2.07 bits per heavy atom. The highest BCUT2D eigenvalue weighted by Crippen LogP contribution is 2.26. The van der Waals surface area contributed by atoms with E-state index in [0.29, 0.717) is 5.92 Å². The molecule has 2 N–H and O–H groups in total. The number of aliphatic hydroxyl groups excluding tert-OH is 1. The maximum absolute atomic E-state index is 11.2. The van der Waals surface area contributed by atoms with Crippen LogP contribution >= 0.6 is 0 Å². The number of nitrogens with one attached hydrogen (secondary N) is 1. The topological polar surface area (TPSA) is 58.6 Å². The highest BCUT2D eigenvalue weighted by atomic mass is 16.5. The minimum absolute atomic E-state index is 0.0701. The molecule has 1 saturated carbocycles. The van der Waals surface area contributed by atoms with Gasteiger partial charge in [0.1, 0.15) is 6.10 Å². The maximum Gasteiger partial charge on any atom is 0.248 e. The van der Waals surface area contributed by atoms with Gasteiger partial charge < -0.3 is 15.2 Å². The molecule has 4 nitrogen and oxygen atoms in total. The average molecular weight is 215 g/mol. The maximum atomic E-state index is 11.2. The number of carbonyl (C=O) groups excluding carboxylic acids is 1. The van der Waals surface area contributed by atoms with Gasteiger partial charge in [-0.1, -0.05) is 0 Å². The number of aliphatic hydroxyl groups is 1. The molecule has 0 spiro atoms.